The quantitative estimate of drug-likeness (QED) is 0.471. The summed E-state index contributed by atoms with van der Waals surface area (Å²) in [7, 11) is 2.92. The Hall–Kier alpha value is -3.76. The zero-order valence-corrected chi connectivity index (χ0v) is 23.1. The lowest BCUT2D eigenvalue weighted by atomic mass is 9.97. The fraction of sp³-hybridized carbons (Fsp3) is 0.345. The van der Waals surface area contributed by atoms with Crippen LogP contribution in [-0.2, 0) is 16.1 Å². The molecule has 1 aromatic heterocycles. The molecule has 0 radical (unpaired) electrons. The van der Waals surface area contributed by atoms with Crippen molar-refractivity contribution in [3.05, 3.63) is 92.4 Å². The first-order valence-electron chi connectivity index (χ1n) is 12.8. The van der Waals surface area contributed by atoms with Crippen molar-refractivity contribution in [2.24, 2.45) is 0 Å². The summed E-state index contributed by atoms with van der Waals surface area (Å²) in [6, 6.07) is 10.7. The van der Waals surface area contributed by atoms with Crippen LogP contribution in [0.1, 0.15) is 40.2 Å². The topological polar surface area (TPSA) is 89.9 Å². The van der Waals surface area contributed by atoms with Gasteiger partial charge in [0, 0.05) is 67.0 Å². The van der Waals surface area contributed by atoms with Crippen LogP contribution in [0.25, 0.3) is 0 Å². The van der Waals surface area contributed by atoms with Crippen molar-refractivity contribution in [3.63, 3.8) is 0 Å². The molecule has 3 aromatic rings. The highest BCUT2D eigenvalue weighted by Crippen LogP contribution is 2.36. The summed E-state index contributed by atoms with van der Waals surface area (Å²) < 4.78 is 40.8. The second-order valence-electron chi connectivity index (χ2n) is 9.58. The molecule has 2 fully saturated rings. The second-order valence-corrected chi connectivity index (χ2v) is 10.0. The molecule has 0 saturated carbocycles. The Morgan fingerprint density at radius 3 is 2.35 bits per heavy atom. The number of amides is 2. The van der Waals surface area contributed by atoms with Crippen molar-refractivity contribution in [3.8, 4) is 5.75 Å². The first kappa shape index (κ1) is 29.2. The van der Waals surface area contributed by atoms with E-state index in [1.54, 1.807) is 50.5 Å². The Kier molecular flexibility index (Phi) is 9.21. The molecular formula is C29H30ClF2N3O5. The van der Waals surface area contributed by atoms with Crippen molar-refractivity contribution < 1.29 is 27.8 Å². The summed E-state index contributed by atoms with van der Waals surface area (Å²) in [5.74, 6) is -2.55. The maximum Gasteiger partial charge on any atom is 0.274 e. The van der Waals surface area contributed by atoms with Crippen molar-refractivity contribution in [2.45, 2.75) is 38.3 Å². The molecule has 0 bridgehead atoms. The van der Waals surface area contributed by atoms with Crippen LogP contribution in [0.15, 0.2) is 53.5 Å². The van der Waals surface area contributed by atoms with Gasteiger partial charge in [-0.05, 0) is 49.2 Å². The van der Waals surface area contributed by atoms with E-state index in [0.29, 0.717) is 29.3 Å². The molecule has 2 aliphatic heterocycles. The molecule has 1 N–H and O–H groups in total. The highest BCUT2D eigenvalue weighted by Gasteiger charge is 2.37. The number of aromatic nitrogens is 1. The van der Waals surface area contributed by atoms with Gasteiger partial charge >= 0.3 is 0 Å². The summed E-state index contributed by atoms with van der Waals surface area (Å²) in [5.41, 5.74) is 1.07. The molecule has 2 unspecified atom stereocenters. The highest BCUT2D eigenvalue weighted by atomic mass is 35.5. The van der Waals surface area contributed by atoms with Crippen molar-refractivity contribution in [1.29, 1.82) is 0 Å². The molecule has 11 heteroatoms. The fourth-order valence-electron chi connectivity index (χ4n) is 4.70. The van der Waals surface area contributed by atoms with Gasteiger partial charge in [0.2, 0.25) is 5.91 Å². The number of methoxy groups -OCH3 is 1. The van der Waals surface area contributed by atoms with Gasteiger partial charge in [0.1, 0.15) is 23.1 Å². The zero-order chi connectivity index (χ0) is 29.0. The van der Waals surface area contributed by atoms with Crippen LogP contribution in [0.3, 0.4) is 0 Å². The zero-order valence-electron chi connectivity index (χ0n) is 22.4. The van der Waals surface area contributed by atoms with E-state index in [2.05, 4.69) is 5.32 Å². The Balaban J connectivity index is 0.000000283. The molecule has 2 amide bonds. The first-order chi connectivity index (χ1) is 19.1. The Morgan fingerprint density at radius 2 is 1.80 bits per heavy atom. The second kappa shape index (κ2) is 12.6. The summed E-state index contributed by atoms with van der Waals surface area (Å²) in [6.07, 6.45) is 2.49. The van der Waals surface area contributed by atoms with Crippen LogP contribution in [0.2, 0.25) is 5.02 Å². The molecule has 3 heterocycles. The minimum absolute atomic E-state index is 0.00669. The predicted molar refractivity (Wildman–Crippen MR) is 147 cm³/mol. The third kappa shape index (κ3) is 6.34. The van der Waals surface area contributed by atoms with Gasteiger partial charge in [-0.3, -0.25) is 14.4 Å². The lowest BCUT2D eigenvalue weighted by molar-refractivity contribution is -0.117. The lowest BCUT2D eigenvalue weighted by Gasteiger charge is -2.28. The summed E-state index contributed by atoms with van der Waals surface area (Å²) in [5, 5.41) is 3.16. The molecule has 8 nitrogen and oxygen atoms in total. The third-order valence-corrected chi connectivity index (χ3v) is 7.21. The first-order valence-corrected chi connectivity index (χ1v) is 13.1. The Bertz CT molecular complexity index is 1430. The molecule has 0 aliphatic carbocycles. The van der Waals surface area contributed by atoms with E-state index in [0.717, 1.165) is 18.6 Å². The van der Waals surface area contributed by atoms with E-state index in [1.165, 1.54) is 16.6 Å². The van der Waals surface area contributed by atoms with E-state index >= 15 is 0 Å². The molecule has 2 saturated heterocycles. The number of pyridine rings is 1. The van der Waals surface area contributed by atoms with Crippen LogP contribution < -0.4 is 20.5 Å². The molecule has 2 atom stereocenters. The van der Waals surface area contributed by atoms with Crippen LogP contribution in [0.4, 0.5) is 14.5 Å². The van der Waals surface area contributed by atoms with E-state index in [1.807, 2.05) is 0 Å². The van der Waals surface area contributed by atoms with Crippen LogP contribution in [-0.4, -0.2) is 49.8 Å². The standard InChI is InChI=1S/C21H22F2N2O4.C8H8ClNO/c1-12-3-5-24(11-14-4-6-29-14)21(27)20(12)25-10-13(7-18(25)26)19-16(22)8-15(28-2)9-17(19)23;1-10-8(11)6-2-4-7(9)5-3-6/h3,5,8-9,13-14H,4,6-7,10-11H2,1-2H3;2-5H,1H3,(H,10,11). The number of benzene rings is 2. The monoisotopic (exact) mass is 573 g/mol. The number of carbonyl (C=O) groups is 2. The minimum Gasteiger partial charge on any atom is -0.497 e. The number of nitrogens with zero attached hydrogens (tertiary/aromatic N) is 2. The van der Waals surface area contributed by atoms with Gasteiger partial charge in [0.25, 0.3) is 11.5 Å². The minimum atomic E-state index is -0.758. The molecule has 40 heavy (non-hydrogen) atoms. The Labute approximate surface area is 235 Å². The predicted octanol–water partition coefficient (Wildman–Crippen LogP) is 4.45. The Morgan fingerprint density at radius 1 is 1.15 bits per heavy atom. The van der Waals surface area contributed by atoms with Crippen molar-refractivity contribution in [1.82, 2.24) is 9.88 Å². The van der Waals surface area contributed by atoms with E-state index in [4.69, 9.17) is 21.1 Å². The van der Waals surface area contributed by atoms with Gasteiger partial charge in [-0.15, -0.1) is 0 Å². The number of hydrogen-bond donors (Lipinski definition) is 1. The van der Waals surface area contributed by atoms with Gasteiger partial charge < -0.3 is 24.3 Å². The molecule has 212 valence electrons. The smallest absolute Gasteiger partial charge is 0.274 e. The van der Waals surface area contributed by atoms with Crippen molar-refractivity contribution in [2.75, 3.05) is 32.2 Å². The van der Waals surface area contributed by atoms with Gasteiger partial charge in [-0.2, -0.15) is 0 Å². The maximum atomic E-state index is 14.5. The molecule has 2 aliphatic rings. The number of ether oxygens (including phenoxy) is 2. The number of anilines is 1. The third-order valence-electron chi connectivity index (χ3n) is 6.96. The maximum absolute atomic E-state index is 14.5. The average Bonchev–Trinajstić information content (AvgIpc) is 3.27. The molecule has 2 aromatic carbocycles. The van der Waals surface area contributed by atoms with E-state index in [-0.39, 0.29) is 53.4 Å². The molecule has 5 rings (SSSR count). The summed E-state index contributed by atoms with van der Waals surface area (Å²) >= 11 is 5.63. The fourth-order valence-corrected chi connectivity index (χ4v) is 4.83. The largest absolute Gasteiger partial charge is 0.497 e. The lowest BCUT2D eigenvalue weighted by Crippen LogP contribution is -2.38. The van der Waals surface area contributed by atoms with Gasteiger partial charge in [0.05, 0.1) is 19.8 Å². The van der Waals surface area contributed by atoms with Gasteiger partial charge in [0.15, 0.2) is 0 Å². The van der Waals surface area contributed by atoms with E-state index in [9.17, 15) is 23.2 Å². The summed E-state index contributed by atoms with van der Waals surface area (Å²) in [4.78, 5) is 38.0. The number of hydrogen-bond acceptors (Lipinski definition) is 5. The molecule has 0 spiro atoms. The summed E-state index contributed by atoms with van der Waals surface area (Å²) in [6.45, 7) is 2.89. The van der Waals surface area contributed by atoms with Gasteiger partial charge in [-0.1, -0.05) is 11.6 Å². The van der Waals surface area contributed by atoms with E-state index < -0.39 is 17.6 Å². The normalized spacial score (nSPS) is 18.1. The van der Waals surface area contributed by atoms with Crippen molar-refractivity contribution >= 4 is 29.1 Å². The average molecular weight is 574 g/mol. The number of carbonyl (C=O) groups excluding carboxylic acids is 2. The highest BCUT2D eigenvalue weighted by molar-refractivity contribution is 6.30. The van der Waals surface area contributed by atoms with Gasteiger partial charge in [-0.25, -0.2) is 8.78 Å². The van der Waals surface area contributed by atoms with Crippen LogP contribution in [0.5, 0.6) is 5.75 Å². The van der Waals surface area contributed by atoms with Crippen LogP contribution in [0, 0.1) is 18.6 Å². The number of aryl methyl sites for hydroxylation is 1. The molecular weight excluding hydrogens is 544 g/mol. The number of rotatable bonds is 6. The van der Waals surface area contributed by atoms with Crippen LogP contribution >= 0.6 is 11.6 Å². The SMILES string of the molecule is CNC(=O)c1ccc(Cl)cc1.COc1cc(F)c(C2CC(=O)N(c3c(C)ccn(CC4CCO4)c3=O)C2)c(F)c1. The number of nitrogens with one attached hydrogen (secondary N) is 1. The number of halogens is 3.